The molecule has 1 aromatic carbocycles. The highest BCUT2D eigenvalue weighted by molar-refractivity contribution is 6.11. The van der Waals surface area contributed by atoms with Crippen LogP contribution in [0.2, 0.25) is 0 Å². The van der Waals surface area contributed by atoms with Gasteiger partial charge in [-0.15, -0.1) is 0 Å². The lowest BCUT2D eigenvalue weighted by Gasteiger charge is -2.34. The number of aromatic nitrogens is 1. The van der Waals surface area contributed by atoms with E-state index in [2.05, 4.69) is 16.9 Å². The summed E-state index contributed by atoms with van der Waals surface area (Å²) in [5.41, 5.74) is 1.57. The van der Waals surface area contributed by atoms with E-state index in [-0.39, 0.29) is 24.3 Å². The highest BCUT2D eigenvalue weighted by atomic mass is 16.2. The van der Waals surface area contributed by atoms with Crippen LogP contribution in [-0.2, 0) is 4.79 Å². The third-order valence-corrected chi connectivity index (χ3v) is 5.20. The van der Waals surface area contributed by atoms with Crippen LogP contribution in [0.3, 0.4) is 0 Å². The maximum Gasteiger partial charge on any atom is 0.260 e. The zero-order valence-corrected chi connectivity index (χ0v) is 14.8. The van der Waals surface area contributed by atoms with Crippen molar-refractivity contribution in [3.8, 4) is 0 Å². The van der Waals surface area contributed by atoms with Crippen LogP contribution < -0.4 is 4.90 Å². The van der Waals surface area contributed by atoms with Crippen molar-refractivity contribution in [2.45, 2.75) is 12.5 Å². The molecule has 0 N–H and O–H groups in total. The molecule has 2 aliphatic heterocycles. The molecule has 0 aliphatic carbocycles. The van der Waals surface area contributed by atoms with Crippen LogP contribution in [0.1, 0.15) is 28.4 Å². The maximum absolute atomic E-state index is 13.0. The summed E-state index contributed by atoms with van der Waals surface area (Å²) in [5.74, 6) is 0.592. The van der Waals surface area contributed by atoms with Gasteiger partial charge in [-0.25, -0.2) is 4.98 Å². The van der Waals surface area contributed by atoms with E-state index in [1.807, 2.05) is 47.4 Å². The van der Waals surface area contributed by atoms with Gasteiger partial charge in [0, 0.05) is 37.9 Å². The molecule has 2 amide bonds. The summed E-state index contributed by atoms with van der Waals surface area (Å²) < 4.78 is 0. The Morgan fingerprint density at radius 3 is 2.54 bits per heavy atom. The van der Waals surface area contributed by atoms with Gasteiger partial charge in [0.05, 0.1) is 12.5 Å². The summed E-state index contributed by atoms with van der Waals surface area (Å²) in [4.78, 5) is 36.0. The fraction of sp³-hybridized carbons (Fsp3) is 0.350. The Hall–Kier alpha value is -2.73. The number of anilines is 1. The van der Waals surface area contributed by atoms with Crippen molar-refractivity contribution < 1.29 is 9.59 Å². The molecule has 134 valence electrons. The molecule has 1 unspecified atom stereocenters. The fourth-order valence-corrected chi connectivity index (χ4v) is 3.70. The van der Waals surface area contributed by atoms with Crippen molar-refractivity contribution in [3.05, 3.63) is 59.8 Å². The summed E-state index contributed by atoms with van der Waals surface area (Å²) in [6, 6.07) is 12.7. The van der Waals surface area contributed by atoms with Gasteiger partial charge in [0.1, 0.15) is 5.82 Å². The molecule has 0 saturated carbocycles. The van der Waals surface area contributed by atoms with E-state index in [1.54, 1.807) is 11.1 Å². The molecule has 0 radical (unpaired) electrons. The normalized spacial score (nSPS) is 20.3. The molecule has 2 aliphatic rings. The maximum atomic E-state index is 13.0. The Bertz CT molecular complexity index is 816. The molecule has 6 nitrogen and oxygen atoms in total. The van der Waals surface area contributed by atoms with E-state index >= 15 is 0 Å². The van der Waals surface area contributed by atoms with Crippen molar-refractivity contribution in [2.24, 2.45) is 0 Å². The number of hydrogen-bond donors (Lipinski definition) is 0. The van der Waals surface area contributed by atoms with Gasteiger partial charge in [-0.1, -0.05) is 24.3 Å². The molecule has 1 saturated heterocycles. The lowest BCUT2D eigenvalue weighted by Crippen LogP contribution is -2.47. The second-order valence-corrected chi connectivity index (χ2v) is 6.85. The summed E-state index contributed by atoms with van der Waals surface area (Å²) in [6.45, 7) is 3.24. The highest BCUT2D eigenvalue weighted by Crippen LogP contribution is 2.38. The number of nitrogens with zero attached hydrogens (tertiary/aromatic N) is 4. The number of rotatable bonds is 3. The van der Waals surface area contributed by atoms with Gasteiger partial charge >= 0.3 is 0 Å². The SMILES string of the molecule is CN1CCN(C(=O)CC2c3ccccc3C(=O)N2c2ccccn2)CC1. The Labute approximate surface area is 153 Å². The topological polar surface area (TPSA) is 56.8 Å². The van der Waals surface area contributed by atoms with Crippen molar-refractivity contribution in [1.29, 1.82) is 0 Å². The average molecular weight is 350 g/mol. The zero-order valence-electron chi connectivity index (χ0n) is 14.8. The number of hydrogen-bond acceptors (Lipinski definition) is 4. The van der Waals surface area contributed by atoms with Crippen LogP contribution in [0.15, 0.2) is 48.7 Å². The molecule has 6 heteroatoms. The molecule has 0 bridgehead atoms. The molecule has 1 atom stereocenters. The Morgan fingerprint density at radius 1 is 1.08 bits per heavy atom. The molecule has 4 rings (SSSR count). The van der Waals surface area contributed by atoms with E-state index in [9.17, 15) is 9.59 Å². The second kappa shape index (κ2) is 6.88. The molecule has 1 fully saturated rings. The smallest absolute Gasteiger partial charge is 0.260 e. The van der Waals surface area contributed by atoms with E-state index in [1.165, 1.54) is 0 Å². The van der Waals surface area contributed by atoms with E-state index < -0.39 is 0 Å². The molecule has 1 aromatic heterocycles. The number of piperazine rings is 1. The summed E-state index contributed by atoms with van der Waals surface area (Å²) >= 11 is 0. The Kier molecular flexibility index (Phi) is 4.42. The molecular weight excluding hydrogens is 328 g/mol. The number of pyridine rings is 1. The largest absolute Gasteiger partial charge is 0.340 e. The minimum Gasteiger partial charge on any atom is -0.340 e. The van der Waals surface area contributed by atoms with Crippen molar-refractivity contribution in [1.82, 2.24) is 14.8 Å². The predicted molar refractivity (Wildman–Crippen MR) is 98.9 cm³/mol. The van der Waals surface area contributed by atoms with Gasteiger partial charge in [0.2, 0.25) is 5.91 Å². The Morgan fingerprint density at radius 2 is 1.81 bits per heavy atom. The third kappa shape index (κ3) is 2.97. The van der Waals surface area contributed by atoms with Gasteiger partial charge in [-0.2, -0.15) is 0 Å². The number of fused-ring (bicyclic) bond motifs is 1. The number of carbonyl (C=O) groups excluding carboxylic acids is 2. The molecule has 0 spiro atoms. The minimum absolute atomic E-state index is 0.0875. The second-order valence-electron chi connectivity index (χ2n) is 6.85. The van der Waals surface area contributed by atoms with Crippen LogP contribution in [0, 0.1) is 0 Å². The third-order valence-electron chi connectivity index (χ3n) is 5.20. The first kappa shape index (κ1) is 16.7. The van der Waals surface area contributed by atoms with Crippen molar-refractivity contribution in [3.63, 3.8) is 0 Å². The van der Waals surface area contributed by atoms with Crippen LogP contribution >= 0.6 is 0 Å². The quantitative estimate of drug-likeness (QED) is 0.849. The monoisotopic (exact) mass is 350 g/mol. The molecular formula is C20H22N4O2. The first-order chi connectivity index (χ1) is 12.6. The lowest BCUT2D eigenvalue weighted by molar-refractivity contribution is -0.133. The molecule has 2 aromatic rings. The van der Waals surface area contributed by atoms with Crippen LogP contribution in [0.5, 0.6) is 0 Å². The standard InChI is InChI=1S/C20H22N4O2/c1-22-10-12-23(13-11-22)19(25)14-17-15-6-2-3-7-16(15)20(26)24(17)18-8-4-5-9-21-18/h2-9,17H,10-14H2,1H3. The van der Waals surface area contributed by atoms with Crippen LogP contribution in [0.4, 0.5) is 5.82 Å². The Balaban J connectivity index is 1.63. The van der Waals surface area contributed by atoms with Gasteiger partial charge in [0.15, 0.2) is 0 Å². The van der Waals surface area contributed by atoms with Crippen molar-refractivity contribution >= 4 is 17.6 Å². The van der Waals surface area contributed by atoms with Crippen LogP contribution in [-0.4, -0.2) is 59.8 Å². The van der Waals surface area contributed by atoms with Gasteiger partial charge in [0.25, 0.3) is 5.91 Å². The van der Waals surface area contributed by atoms with E-state index in [4.69, 9.17) is 0 Å². The van der Waals surface area contributed by atoms with E-state index in [0.717, 1.165) is 31.7 Å². The first-order valence-electron chi connectivity index (χ1n) is 8.95. The van der Waals surface area contributed by atoms with Gasteiger partial charge < -0.3 is 9.80 Å². The van der Waals surface area contributed by atoms with Crippen LogP contribution in [0.25, 0.3) is 0 Å². The zero-order chi connectivity index (χ0) is 18.1. The number of benzene rings is 1. The summed E-state index contributed by atoms with van der Waals surface area (Å²) in [6.07, 6.45) is 1.95. The van der Waals surface area contributed by atoms with Crippen molar-refractivity contribution in [2.75, 3.05) is 38.1 Å². The van der Waals surface area contributed by atoms with Gasteiger partial charge in [-0.05, 0) is 30.8 Å². The number of carbonyl (C=O) groups is 2. The predicted octanol–water partition coefficient (Wildman–Crippen LogP) is 1.95. The summed E-state index contributed by atoms with van der Waals surface area (Å²) in [7, 11) is 2.07. The fourth-order valence-electron chi connectivity index (χ4n) is 3.70. The number of amides is 2. The molecule has 3 heterocycles. The summed E-state index contributed by atoms with van der Waals surface area (Å²) in [5, 5.41) is 0. The van der Waals surface area contributed by atoms with E-state index in [0.29, 0.717) is 11.4 Å². The first-order valence-corrected chi connectivity index (χ1v) is 8.95. The molecule has 26 heavy (non-hydrogen) atoms. The highest BCUT2D eigenvalue weighted by Gasteiger charge is 2.40. The van der Waals surface area contributed by atoms with Gasteiger partial charge in [-0.3, -0.25) is 14.5 Å². The number of likely N-dealkylation sites (N-methyl/N-ethyl adjacent to an activating group) is 1. The minimum atomic E-state index is -0.305. The lowest BCUT2D eigenvalue weighted by atomic mass is 10.0. The average Bonchev–Trinajstić information content (AvgIpc) is 2.95.